The number of anilines is 3. The van der Waals surface area contributed by atoms with E-state index in [0.717, 1.165) is 42.0 Å². The monoisotopic (exact) mass is 422 g/mol. The molecule has 31 heavy (non-hydrogen) atoms. The van der Waals surface area contributed by atoms with E-state index >= 15 is 0 Å². The van der Waals surface area contributed by atoms with Crippen LogP contribution in [0.5, 0.6) is 0 Å². The molecular formula is C25H34N4O2. The molecule has 1 heterocycles. The van der Waals surface area contributed by atoms with Gasteiger partial charge in [-0.3, -0.25) is 4.79 Å². The normalized spacial score (nSPS) is 18.3. The summed E-state index contributed by atoms with van der Waals surface area (Å²) >= 11 is 0. The first kappa shape index (κ1) is 21.6. The molecule has 0 unspecified atom stereocenters. The summed E-state index contributed by atoms with van der Waals surface area (Å²) < 4.78 is 5.07. The largest absolute Gasteiger partial charge is 0.468 e. The van der Waals surface area contributed by atoms with Gasteiger partial charge in [0, 0.05) is 23.2 Å². The van der Waals surface area contributed by atoms with Gasteiger partial charge in [0.15, 0.2) is 0 Å². The zero-order chi connectivity index (χ0) is 22.1. The second kappa shape index (κ2) is 8.48. The molecule has 0 saturated heterocycles. The molecule has 166 valence electrons. The number of hydrogen-bond acceptors (Lipinski definition) is 6. The number of carbonyl (C=O) groups excluding carboxylic acids is 1. The maximum absolute atomic E-state index is 12.3. The molecule has 4 rings (SSSR count). The Morgan fingerprint density at radius 2 is 1.74 bits per heavy atom. The molecule has 0 aliphatic heterocycles. The maximum atomic E-state index is 12.3. The molecule has 6 nitrogen and oxygen atoms in total. The molecule has 6 heteroatoms. The molecule has 0 amide bonds. The number of nitrogens with zero attached hydrogens (tertiary/aromatic N) is 2. The minimum atomic E-state index is -0.476. The topological polar surface area (TPSA) is 76.1 Å². The molecule has 0 spiro atoms. The van der Waals surface area contributed by atoms with Gasteiger partial charge in [-0.2, -0.15) is 4.98 Å². The van der Waals surface area contributed by atoms with E-state index < -0.39 is 5.41 Å². The Morgan fingerprint density at radius 1 is 1.06 bits per heavy atom. The van der Waals surface area contributed by atoms with Crippen LogP contribution in [0.2, 0.25) is 0 Å². The highest BCUT2D eigenvalue weighted by molar-refractivity contribution is 5.84. The van der Waals surface area contributed by atoms with E-state index in [1.54, 1.807) is 0 Å². The van der Waals surface area contributed by atoms with Crippen LogP contribution in [0.1, 0.15) is 82.9 Å². The number of hydrogen-bond donors (Lipinski definition) is 2. The lowest BCUT2D eigenvalue weighted by atomic mass is 9.64. The average Bonchev–Trinajstić information content (AvgIpc) is 3.21. The van der Waals surface area contributed by atoms with Gasteiger partial charge in [-0.15, -0.1) is 0 Å². The molecule has 1 aromatic heterocycles. The van der Waals surface area contributed by atoms with Crippen LogP contribution in [0.25, 0.3) is 0 Å². The van der Waals surface area contributed by atoms with Crippen molar-refractivity contribution in [1.29, 1.82) is 0 Å². The summed E-state index contributed by atoms with van der Waals surface area (Å²) in [7, 11) is 1.47. The van der Waals surface area contributed by atoms with Crippen LogP contribution in [0.4, 0.5) is 17.5 Å². The first-order valence-electron chi connectivity index (χ1n) is 11.4. The molecule has 2 aliphatic carbocycles. The Bertz CT molecular complexity index is 924. The van der Waals surface area contributed by atoms with Gasteiger partial charge in [0.1, 0.15) is 5.82 Å². The SMILES string of the molecule is COC(=O)C1(c2ccc(Nc3nc(NC(C)(C)C)cc(C4CCCC4)n3)cc2)CCC1. The molecule has 2 aliphatic rings. The van der Waals surface area contributed by atoms with Crippen molar-refractivity contribution in [2.24, 2.45) is 0 Å². The van der Waals surface area contributed by atoms with Crippen molar-refractivity contribution in [2.75, 3.05) is 17.7 Å². The standard InChI is InChI=1S/C25H34N4O2/c1-24(2,3)29-21-16-20(17-8-5-6-9-17)27-23(28-21)26-19-12-10-18(11-13-19)25(14-7-15-25)22(30)31-4/h10-13,16-17H,5-9,14-15H2,1-4H3,(H2,26,27,28,29). The Kier molecular flexibility index (Phi) is 5.91. The molecule has 2 saturated carbocycles. The highest BCUT2D eigenvalue weighted by Crippen LogP contribution is 2.45. The van der Waals surface area contributed by atoms with Crippen LogP contribution in [0.3, 0.4) is 0 Å². The fourth-order valence-corrected chi connectivity index (χ4v) is 4.74. The van der Waals surface area contributed by atoms with Crippen molar-refractivity contribution in [3.05, 3.63) is 41.6 Å². The first-order chi connectivity index (χ1) is 14.8. The predicted molar refractivity (Wildman–Crippen MR) is 124 cm³/mol. The Morgan fingerprint density at radius 3 is 2.29 bits per heavy atom. The van der Waals surface area contributed by atoms with E-state index in [9.17, 15) is 4.79 Å². The fourth-order valence-electron chi connectivity index (χ4n) is 4.74. The minimum Gasteiger partial charge on any atom is -0.468 e. The molecule has 0 radical (unpaired) electrons. The Balaban J connectivity index is 1.57. The van der Waals surface area contributed by atoms with Crippen molar-refractivity contribution < 1.29 is 9.53 Å². The van der Waals surface area contributed by atoms with E-state index in [0.29, 0.717) is 11.9 Å². The fraction of sp³-hybridized carbons (Fsp3) is 0.560. The van der Waals surface area contributed by atoms with E-state index in [1.165, 1.54) is 32.8 Å². The van der Waals surface area contributed by atoms with Gasteiger partial charge in [0.25, 0.3) is 0 Å². The summed E-state index contributed by atoms with van der Waals surface area (Å²) in [5, 5.41) is 6.87. The van der Waals surface area contributed by atoms with Crippen LogP contribution >= 0.6 is 0 Å². The van der Waals surface area contributed by atoms with Gasteiger partial charge in [0.05, 0.1) is 18.2 Å². The van der Waals surface area contributed by atoms with Gasteiger partial charge in [-0.1, -0.05) is 31.4 Å². The number of aromatic nitrogens is 2. The zero-order valence-electron chi connectivity index (χ0n) is 19.1. The summed E-state index contributed by atoms with van der Waals surface area (Å²) in [6.07, 6.45) is 7.67. The number of ether oxygens (including phenoxy) is 1. The van der Waals surface area contributed by atoms with E-state index in [1.807, 2.05) is 24.3 Å². The van der Waals surface area contributed by atoms with Crippen molar-refractivity contribution in [3.63, 3.8) is 0 Å². The van der Waals surface area contributed by atoms with Gasteiger partial charge >= 0.3 is 5.97 Å². The Hall–Kier alpha value is -2.63. The van der Waals surface area contributed by atoms with Crippen molar-refractivity contribution in [2.45, 2.75) is 82.6 Å². The van der Waals surface area contributed by atoms with Crippen LogP contribution in [0, 0.1) is 0 Å². The average molecular weight is 423 g/mol. The number of nitrogens with one attached hydrogen (secondary N) is 2. The van der Waals surface area contributed by atoms with Crippen LogP contribution < -0.4 is 10.6 Å². The Labute approximate surface area is 185 Å². The summed E-state index contributed by atoms with van der Waals surface area (Å²) in [5.41, 5.74) is 2.49. The lowest BCUT2D eigenvalue weighted by Gasteiger charge is -2.39. The molecule has 2 fully saturated rings. The number of benzene rings is 1. The molecule has 1 aromatic carbocycles. The van der Waals surface area contributed by atoms with E-state index in [4.69, 9.17) is 14.7 Å². The summed E-state index contributed by atoms with van der Waals surface area (Å²) in [6.45, 7) is 6.40. The summed E-state index contributed by atoms with van der Waals surface area (Å²) in [5.74, 6) is 1.83. The molecular weight excluding hydrogens is 388 g/mol. The van der Waals surface area contributed by atoms with Crippen LogP contribution in [-0.4, -0.2) is 28.6 Å². The van der Waals surface area contributed by atoms with Crippen LogP contribution in [0.15, 0.2) is 30.3 Å². The third kappa shape index (κ3) is 4.68. The number of methoxy groups -OCH3 is 1. The zero-order valence-corrected chi connectivity index (χ0v) is 19.1. The highest BCUT2D eigenvalue weighted by Gasteiger charge is 2.46. The lowest BCUT2D eigenvalue weighted by molar-refractivity contribution is -0.151. The highest BCUT2D eigenvalue weighted by atomic mass is 16.5. The third-order valence-corrected chi connectivity index (χ3v) is 6.50. The van der Waals surface area contributed by atoms with Gasteiger partial charge in [-0.25, -0.2) is 4.98 Å². The third-order valence-electron chi connectivity index (χ3n) is 6.50. The van der Waals surface area contributed by atoms with Gasteiger partial charge in [-0.05, 0) is 64.2 Å². The van der Waals surface area contributed by atoms with Crippen LogP contribution in [-0.2, 0) is 14.9 Å². The van der Waals surface area contributed by atoms with E-state index in [-0.39, 0.29) is 11.5 Å². The molecule has 0 bridgehead atoms. The first-order valence-corrected chi connectivity index (χ1v) is 11.4. The molecule has 0 atom stereocenters. The smallest absolute Gasteiger partial charge is 0.316 e. The number of carbonyl (C=O) groups is 1. The van der Waals surface area contributed by atoms with Crippen molar-refractivity contribution in [3.8, 4) is 0 Å². The van der Waals surface area contributed by atoms with Gasteiger partial charge < -0.3 is 15.4 Å². The quantitative estimate of drug-likeness (QED) is 0.583. The minimum absolute atomic E-state index is 0.0782. The maximum Gasteiger partial charge on any atom is 0.316 e. The predicted octanol–water partition coefficient (Wildman–Crippen LogP) is 5.68. The molecule has 2 aromatic rings. The summed E-state index contributed by atoms with van der Waals surface area (Å²) in [6, 6.07) is 10.1. The second-order valence-electron chi connectivity index (χ2n) is 9.99. The van der Waals surface area contributed by atoms with Crippen molar-refractivity contribution in [1.82, 2.24) is 9.97 Å². The number of esters is 1. The second-order valence-corrected chi connectivity index (χ2v) is 9.99. The lowest BCUT2D eigenvalue weighted by Crippen LogP contribution is -2.43. The molecule has 2 N–H and O–H groups in total. The number of rotatable bonds is 6. The van der Waals surface area contributed by atoms with Crippen molar-refractivity contribution >= 4 is 23.4 Å². The van der Waals surface area contributed by atoms with Gasteiger partial charge in [0.2, 0.25) is 5.95 Å². The van der Waals surface area contributed by atoms with E-state index in [2.05, 4.69) is 37.5 Å². The summed E-state index contributed by atoms with van der Waals surface area (Å²) in [4.78, 5) is 21.9.